The molecule has 0 fully saturated rings. The quantitative estimate of drug-likeness (QED) is 0.149. The van der Waals surface area contributed by atoms with Crippen molar-refractivity contribution in [3.8, 4) is 35.5 Å². The summed E-state index contributed by atoms with van der Waals surface area (Å²) in [5.41, 5.74) is 6.51. The second-order valence-electron chi connectivity index (χ2n) is 21.4. The molecule has 0 aliphatic carbocycles. The molecule has 12 rings (SSSR count). The molecule has 15 heteroatoms. The summed E-state index contributed by atoms with van der Waals surface area (Å²) in [7, 11) is 4.13. The fraction of sp³-hybridized carbons (Fsp3) is 0.286. The van der Waals surface area contributed by atoms with Gasteiger partial charge in [0.1, 0.15) is 34.6 Å². The molecule has 0 saturated heterocycles. The largest absolute Gasteiger partial charge is 0.303 e. The van der Waals surface area contributed by atoms with Gasteiger partial charge < -0.3 is 5.32 Å². The first kappa shape index (κ1) is 53.9. The molecule has 3 aliphatic heterocycles. The average Bonchev–Trinajstić information content (AvgIpc) is 3.56. The highest BCUT2D eigenvalue weighted by Crippen LogP contribution is 2.26. The van der Waals surface area contributed by atoms with E-state index in [1.807, 2.05) is 118 Å². The van der Waals surface area contributed by atoms with Crippen LogP contribution in [0.25, 0.3) is 32.7 Å². The Labute approximate surface area is 454 Å². The Kier molecular flexibility index (Phi) is 15.2. The predicted octanol–water partition coefficient (Wildman–Crippen LogP) is 7.54. The molecular weight excluding hydrogens is 973 g/mol. The van der Waals surface area contributed by atoms with E-state index in [4.69, 9.17) is 9.97 Å². The molecule has 78 heavy (non-hydrogen) atoms. The molecule has 9 heterocycles. The number of aromatic nitrogens is 9. The van der Waals surface area contributed by atoms with E-state index in [2.05, 4.69) is 126 Å². The van der Waals surface area contributed by atoms with Gasteiger partial charge in [0.15, 0.2) is 0 Å². The van der Waals surface area contributed by atoms with Gasteiger partial charge >= 0.3 is 0 Å². The average molecular weight is 1040 g/mol. The van der Waals surface area contributed by atoms with Crippen LogP contribution in [0.1, 0.15) is 100 Å². The molecule has 3 aliphatic rings. The first-order chi connectivity index (χ1) is 36.9. The van der Waals surface area contributed by atoms with Gasteiger partial charge in [0.25, 0.3) is 16.7 Å². The van der Waals surface area contributed by atoms with Crippen molar-refractivity contribution >= 4 is 32.7 Å². The first-order valence-electron chi connectivity index (χ1n) is 25.5. The van der Waals surface area contributed by atoms with Gasteiger partial charge in [0.2, 0.25) is 0 Å². The lowest BCUT2D eigenvalue weighted by atomic mass is 10.0. The second kappa shape index (κ2) is 22.0. The third kappa shape index (κ3) is 11.7. The van der Waals surface area contributed by atoms with Crippen LogP contribution in [0.3, 0.4) is 0 Å². The molecule has 1 N–H and O–H groups in total. The number of benzene rings is 3. The number of hydrogen-bond acceptors (Lipinski definition) is 12. The normalized spacial score (nSPS) is 15.5. The molecule has 0 bridgehead atoms. The third-order valence-electron chi connectivity index (χ3n) is 14.3. The van der Waals surface area contributed by atoms with Gasteiger partial charge in [-0.15, -0.1) is 0 Å². The highest BCUT2D eigenvalue weighted by atomic mass is 16.1. The van der Waals surface area contributed by atoms with E-state index in [1.54, 1.807) is 23.2 Å². The smallest absolute Gasteiger partial charge is 0.261 e. The summed E-state index contributed by atoms with van der Waals surface area (Å²) >= 11 is 0. The lowest BCUT2D eigenvalue weighted by Crippen LogP contribution is -2.51. The van der Waals surface area contributed by atoms with E-state index in [1.165, 1.54) is 0 Å². The number of fused-ring (bicyclic) bond motifs is 6. The molecule has 0 amide bonds. The van der Waals surface area contributed by atoms with Crippen LogP contribution in [-0.2, 0) is 39.3 Å². The first-order valence-corrected chi connectivity index (χ1v) is 25.5. The van der Waals surface area contributed by atoms with Crippen LogP contribution < -0.4 is 22.0 Å². The highest BCUT2D eigenvalue weighted by Gasteiger charge is 2.33. The highest BCUT2D eigenvalue weighted by molar-refractivity contribution is 5.81. The monoisotopic (exact) mass is 1030 g/mol. The summed E-state index contributed by atoms with van der Waals surface area (Å²) in [4.78, 5) is 69.9. The Morgan fingerprint density at radius 2 is 0.795 bits per heavy atom. The zero-order chi connectivity index (χ0) is 54.1. The van der Waals surface area contributed by atoms with E-state index < -0.39 is 0 Å². The number of hydrogen-bond donors (Lipinski definition) is 1. The maximum atomic E-state index is 12.9. The molecule has 15 nitrogen and oxygen atoms in total. The fourth-order valence-electron chi connectivity index (χ4n) is 9.26. The summed E-state index contributed by atoms with van der Waals surface area (Å²) in [5, 5.41) is 5.31. The van der Waals surface area contributed by atoms with Gasteiger partial charge in [0.05, 0.1) is 52.3 Å². The molecule has 6 aromatic heterocycles. The minimum atomic E-state index is -0.111. The van der Waals surface area contributed by atoms with Crippen LogP contribution >= 0.6 is 0 Å². The van der Waals surface area contributed by atoms with E-state index in [0.29, 0.717) is 77.7 Å². The Morgan fingerprint density at radius 3 is 1.14 bits per heavy atom. The summed E-state index contributed by atoms with van der Waals surface area (Å²) in [6, 6.07) is 33.6. The van der Waals surface area contributed by atoms with Crippen molar-refractivity contribution in [1.82, 2.24) is 58.7 Å². The predicted molar refractivity (Wildman–Crippen MR) is 307 cm³/mol. The van der Waals surface area contributed by atoms with Crippen molar-refractivity contribution in [2.75, 3.05) is 14.1 Å². The van der Waals surface area contributed by atoms with E-state index in [0.717, 1.165) is 45.6 Å². The van der Waals surface area contributed by atoms with Gasteiger partial charge in [-0.2, -0.15) is 0 Å². The molecule has 0 saturated carbocycles. The van der Waals surface area contributed by atoms with Crippen molar-refractivity contribution in [1.29, 1.82) is 0 Å². The summed E-state index contributed by atoms with van der Waals surface area (Å²) < 4.78 is 5.39. The lowest BCUT2D eigenvalue weighted by molar-refractivity contribution is 0.0925. The number of pyridine rings is 3. The molecule has 0 unspecified atom stereocenters. The minimum absolute atomic E-state index is 0. The van der Waals surface area contributed by atoms with Crippen LogP contribution in [0.2, 0.25) is 0 Å². The van der Waals surface area contributed by atoms with Crippen LogP contribution in [0.4, 0.5) is 0 Å². The molecule has 3 aromatic carbocycles. The number of nitrogens with one attached hydrogen (secondary N) is 1. The van der Waals surface area contributed by atoms with Crippen LogP contribution in [0.15, 0.2) is 142 Å². The van der Waals surface area contributed by atoms with Crippen molar-refractivity contribution in [2.45, 2.75) is 105 Å². The van der Waals surface area contributed by atoms with E-state index in [-0.39, 0.29) is 40.7 Å². The minimum Gasteiger partial charge on any atom is -0.303 e. The van der Waals surface area contributed by atoms with Crippen LogP contribution in [-0.4, -0.2) is 84.1 Å². The number of likely N-dealkylation sites (N-methyl/N-ethyl adjacent to an activating group) is 2. The van der Waals surface area contributed by atoms with Crippen LogP contribution in [0, 0.1) is 35.5 Å². The van der Waals surface area contributed by atoms with Gasteiger partial charge in [-0.3, -0.25) is 37.9 Å². The SMILES string of the molecule is C.CC1(C)Cn2c(nc3cc(C#Cc4ccccn4)ccc3c2=O)CN1.CN1Cc2nc3cc(C#Cc4ccccn4)ccc3c(=O)n2CC1(C)C.CN1Cc2nc3cc(C#Cc4ccccn4)ccc3c(=O)n2CC1(C)C. The summed E-state index contributed by atoms with van der Waals surface area (Å²) in [6.07, 6.45) is 5.15. The molecular formula is C63H62N12O3. The van der Waals surface area contributed by atoms with Crippen molar-refractivity contribution < 1.29 is 0 Å². The third-order valence-corrected chi connectivity index (χ3v) is 14.3. The van der Waals surface area contributed by atoms with E-state index >= 15 is 0 Å². The Balaban J connectivity index is 0.000000141. The van der Waals surface area contributed by atoms with Crippen molar-refractivity contribution in [3.05, 3.63) is 210 Å². The zero-order valence-corrected chi connectivity index (χ0v) is 44.5. The molecule has 9 aromatic rings. The second-order valence-corrected chi connectivity index (χ2v) is 21.4. The molecule has 0 spiro atoms. The van der Waals surface area contributed by atoms with Crippen molar-refractivity contribution in [3.63, 3.8) is 0 Å². The van der Waals surface area contributed by atoms with Gasteiger partial charge in [-0.1, -0.05) is 43.4 Å². The Bertz CT molecular complexity index is 3950. The Hall–Kier alpha value is -8.91. The molecule has 0 radical (unpaired) electrons. The van der Waals surface area contributed by atoms with Crippen LogP contribution in [0.5, 0.6) is 0 Å². The molecule has 392 valence electrons. The fourth-order valence-corrected chi connectivity index (χ4v) is 9.26. The molecule has 0 atom stereocenters. The number of rotatable bonds is 0. The topological polar surface area (TPSA) is 162 Å². The number of nitrogens with zero attached hydrogens (tertiary/aromatic N) is 11. The van der Waals surface area contributed by atoms with Crippen molar-refractivity contribution in [2.24, 2.45) is 0 Å². The van der Waals surface area contributed by atoms with Gasteiger partial charge in [-0.25, -0.2) is 29.9 Å². The standard InChI is InChI=1S/2C21H20N4O.C20H18N4O.CH4/c2*1-21(2)14-25-19(13-24(21)3)23-18-12-15(8-10-17(18)20(25)26)7-9-16-6-4-5-11-22-16;1-20(2)13-24-18(12-22-20)23-17-11-14(7-9-16(17)19(24)25)6-8-15-5-3-4-10-21-15;/h2*4-6,8,10-12H,13-14H2,1-3H3;3-5,7,9-11,22H,12-13H2,1-2H3;1H4. The van der Waals surface area contributed by atoms with E-state index in [9.17, 15) is 14.4 Å². The zero-order valence-electron chi connectivity index (χ0n) is 44.5. The van der Waals surface area contributed by atoms with Gasteiger partial charge in [-0.05, 0) is 164 Å². The lowest BCUT2D eigenvalue weighted by Gasteiger charge is -2.40. The maximum Gasteiger partial charge on any atom is 0.261 e. The maximum absolute atomic E-state index is 12.9. The van der Waals surface area contributed by atoms with Gasteiger partial charge in [0, 0.05) is 71.5 Å². The summed E-state index contributed by atoms with van der Waals surface area (Å²) in [6.45, 7) is 16.5. The summed E-state index contributed by atoms with van der Waals surface area (Å²) in [5.74, 6) is 20.8. The Morgan fingerprint density at radius 1 is 0.449 bits per heavy atom.